The predicted octanol–water partition coefficient (Wildman–Crippen LogP) is 12.4. The summed E-state index contributed by atoms with van der Waals surface area (Å²) in [7, 11) is 0. The van der Waals surface area contributed by atoms with E-state index < -0.39 is 0 Å². The lowest BCUT2D eigenvalue weighted by Crippen LogP contribution is -2.00. The van der Waals surface area contributed by atoms with Crippen LogP contribution in [-0.2, 0) is 0 Å². The molecule has 0 fully saturated rings. The monoisotopic (exact) mass is 651 g/mol. The molecule has 0 aliphatic carbocycles. The number of nitrogens with zero attached hydrogens (tertiary/aromatic N) is 3. The van der Waals surface area contributed by atoms with E-state index in [1.54, 1.807) is 0 Å². The van der Waals surface area contributed by atoms with Gasteiger partial charge in [0.15, 0.2) is 17.5 Å². The van der Waals surface area contributed by atoms with E-state index in [1.165, 1.54) is 11.1 Å². The summed E-state index contributed by atoms with van der Waals surface area (Å²) in [6.45, 7) is 0. The summed E-state index contributed by atoms with van der Waals surface area (Å²) in [5, 5.41) is 6.81. The van der Waals surface area contributed by atoms with Crippen molar-refractivity contribution in [1.29, 1.82) is 0 Å². The minimum atomic E-state index is 0.627. The number of furan rings is 1. The Morgan fingerprint density at radius 2 is 0.784 bits per heavy atom. The summed E-state index contributed by atoms with van der Waals surface area (Å²) in [4.78, 5) is 15.1. The summed E-state index contributed by atoms with van der Waals surface area (Å²) in [6, 6.07) is 61.2. The number of rotatable bonds is 5. The molecule has 0 radical (unpaired) electrons. The van der Waals surface area contributed by atoms with Crippen LogP contribution in [-0.4, -0.2) is 15.0 Å². The summed E-state index contributed by atoms with van der Waals surface area (Å²) in [5.41, 5.74) is 9.26. The summed E-state index contributed by atoms with van der Waals surface area (Å²) in [5.74, 6) is 1.89. The standard InChI is InChI=1S/C47H29N3O/c1-3-10-30(11-4-1)35-14-9-15-36(26-35)31-18-22-34(23-19-31)46-48-45(33-12-5-2-6-13-33)49-47(50-46)38-25-21-32-20-24-37-27-42-39-16-7-8-17-43(39)51-44(42)29-41(37)40(32)28-38/h1-29H. The molecule has 0 saturated carbocycles. The SMILES string of the molecule is c1ccc(-c2cccc(-c3ccc(-c4nc(-c5ccccc5)nc(-c5ccc6ccc7cc8c(cc7c6c5)oc5ccccc58)n4)cc3)c2)cc1. The average Bonchev–Trinajstić information content (AvgIpc) is 3.58. The molecule has 10 rings (SSSR count). The molecule has 0 amide bonds. The minimum Gasteiger partial charge on any atom is -0.456 e. The fraction of sp³-hybridized carbons (Fsp3) is 0. The third-order valence-electron chi connectivity index (χ3n) is 9.71. The number of hydrogen-bond donors (Lipinski definition) is 0. The minimum absolute atomic E-state index is 0.627. The quantitative estimate of drug-likeness (QED) is 0.174. The molecule has 4 nitrogen and oxygen atoms in total. The van der Waals surface area contributed by atoms with Crippen LogP contribution in [0, 0.1) is 0 Å². The van der Waals surface area contributed by atoms with Gasteiger partial charge in [-0.25, -0.2) is 15.0 Å². The summed E-state index contributed by atoms with van der Waals surface area (Å²) < 4.78 is 6.28. The molecule has 0 aliphatic heterocycles. The van der Waals surface area contributed by atoms with E-state index in [0.29, 0.717) is 17.5 Å². The fourth-order valence-electron chi connectivity index (χ4n) is 7.08. The van der Waals surface area contributed by atoms with E-state index in [4.69, 9.17) is 19.4 Å². The second-order valence-electron chi connectivity index (χ2n) is 12.9. The highest BCUT2D eigenvalue weighted by atomic mass is 16.3. The van der Waals surface area contributed by atoms with Gasteiger partial charge in [-0.3, -0.25) is 0 Å². The van der Waals surface area contributed by atoms with Crippen molar-refractivity contribution in [3.63, 3.8) is 0 Å². The number of fused-ring (bicyclic) bond motifs is 6. The molecule has 0 unspecified atom stereocenters. The van der Waals surface area contributed by atoms with Gasteiger partial charge in [0.25, 0.3) is 0 Å². The first-order valence-electron chi connectivity index (χ1n) is 17.1. The van der Waals surface area contributed by atoms with Crippen LogP contribution in [0.15, 0.2) is 180 Å². The van der Waals surface area contributed by atoms with Crippen molar-refractivity contribution >= 4 is 43.5 Å². The van der Waals surface area contributed by atoms with Crippen molar-refractivity contribution in [2.45, 2.75) is 0 Å². The number of para-hydroxylation sites is 1. The highest BCUT2D eigenvalue weighted by molar-refractivity contribution is 6.16. The maximum atomic E-state index is 6.28. The highest BCUT2D eigenvalue weighted by Gasteiger charge is 2.15. The lowest BCUT2D eigenvalue weighted by atomic mass is 9.98. The van der Waals surface area contributed by atoms with E-state index in [1.807, 2.05) is 48.5 Å². The molecule has 51 heavy (non-hydrogen) atoms. The van der Waals surface area contributed by atoms with Gasteiger partial charge in [0.1, 0.15) is 11.2 Å². The van der Waals surface area contributed by atoms with Crippen molar-refractivity contribution in [2.24, 2.45) is 0 Å². The zero-order valence-corrected chi connectivity index (χ0v) is 27.5. The zero-order chi connectivity index (χ0) is 33.7. The maximum absolute atomic E-state index is 6.28. The third-order valence-corrected chi connectivity index (χ3v) is 9.71. The average molecular weight is 652 g/mol. The molecule has 4 heteroatoms. The molecule has 0 spiro atoms. The van der Waals surface area contributed by atoms with E-state index in [2.05, 4.69) is 127 Å². The number of hydrogen-bond acceptors (Lipinski definition) is 4. The smallest absolute Gasteiger partial charge is 0.164 e. The number of aromatic nitrogens is 3. The molecule has 8 aromatic carbocycles. The Balaban J connectivity index is 1.08. The van der Waals surface area contributed by atoms with Crippen LogP contribution in [0.4, 0.5) is 0 Å². The normalized spacial score (nSPS) is 11.5. The van der Waals surface area contributed by atoms with Crippen LogP contribution in [0.5, 0.6) is 0 Å². The Morgan fingerprint density at radius 3 is 1.53 bits per heavy atom. The molecular weight excluding hydrogens is 623 g/mol. The van der Waals surface area contributed by atoms with E-state index in [0.717, 1.165) is 71.3 Å². The Hall–Kier alpha value is -6.91. The molecule has 0 atom stereocenters. The number of benzene rings is 8. The fourth-order valence-corrected chi connectivity index (χ4v) is 7.08. The maximum Gasteiger partial charge on any atom is 0.164 e. The van der Waals surface area contributed by atoms with Crippen LogP contribution in [0.1, 0.15) is 0 Å². The highest BCUT2D eigenvalue weighted by Crippen LogP contribution is 2.37. The van der Waals surface area contributed by atoms with Crippen molar-refractivity contribution in [3.05, 3.63) is 176 Å². The third kappa shape index (κ3) is 5.22. The van der Waals surface area contributed by atoms with Gasteiger partial charge in [-0.1, -0.05) is 146 Å². The van der Waals surface area contributed by atoms with Crippen molar-refractivity contribution in [1.82, 2.24) is 15.0 Å². The van der Waals surface area contributed by atoms with Crippen molar-refractivity contribution in [2.75, 3.05) is 0 Å². The van der Waals surface area contributed by atoms with Gasteiger partial charge in [0, 0.05) is 27.5 Å². The molecular formula is C47H29N3O. The van der Waals surface area contributed by atoms with E-state index >= 15 is 0 Å². The van der Waals surface area contributed by atoms with E-state index in [-0.39, 0.29) is 0 Å². The first-order chi connectivity index (χ1) is 25.2. The van der Waals surface area contributed by atoms with Gasteiger partial charge in [-0.15, -0.1) is 0 Å². The van der Waals surface area contributed by atoms with Crippen LogP contribution in [0.25, 0.3) is 99.9 Å². The van der Waals surface area contributed by atoms with Crippen molar-refractivity contribution < 1.29 is 4.42 Å². The predicted molar refractivity (Wildman–Crippen MR) is 209 cm³/mol. The topological polar surface area (TPSA) is 51.8 Å². The van der Waals surface area contributed by atoms with Gasteiger partial charge in [0.05, 0.1) is 0 Å². The Kier molecular flexibility index (Phi) is 6.78. The van der Waals surface area contributed by atoms with Gasteiger partial charge < -0.3 is 4.42 Å². The van der Waals surface area contributed by atoms with Gasteiger partial charge in [-0.2, -0.15) is 0 Å². The molecule has 0 bridgehead atoms. The van der Waals surface area contributed by atoms with Crippen molar-refractivity contribution in [3.8, 4) is 56.4 Å². The zero-order valence-electron chi connectivity index (χ0n) is 27.5. The second-order valence-corrected chi connectivity index (χ2v) is 12.9. The van der Waals surface area contributed by atoms with Crippen LogP contribution >= 0.6 is 0 Å². The van der Waals surface area contributed by atoms with E-state index in [9.17, 15) is 0 Å². The van der Waals surface area contributed by atoms with Gasteiger partial charge in [-0.05, 0) is 74.1 Å². The van der Waals surface area contributed by atoms with Crippen LogP contribution in [0.3, 0.4) is 0 Å². The van der Waals surface area contributed by atoms with Gasteiger partial charge in [0.2, 0.25) is 0 Å². The molecule has 0 saturated heterocycles. The molecule has 0 aliphatic rings. The summed E-state index contributed by atoms with van der Waals surface area (Å²) >= 11 is 0. The Bertz CT molecular complexity index is 2900. The molecule has 10 aromatic rings. The Morgan fingerprint density at radius 1 is 0.275 bits per heavy atom. The molecule has 238 valence electrons. The largest absolute Gasteiger partial charge is 0.456 e. The first-order valence-corrected chi connectivity index (χ1v) is 17.1. The summed E-state index contributed by atoms with van der Waals surface area (Å²) in [6.07, 6.45) is 0. The van der Waals surface area contributed by atoms with Crippen LogP contribution < -0.4 is 0 Å². The second kappa shape index (κ2) is 11.9. The van der Waals surface area contributed by atoms with Gasteiger partial charge >= 0.3 is 0 Å². The Labute approximate surface area is 294 Å². The molecule has 2 aromatic heterocycles. The first kappa shape index (κ1) is 29.0. The molecule has 0 N–H and O–H groups in total. The lowest BCUT2D eigenvalue weighted by molar-refractivity contribution is 0.669. The lowest BCUT2D eigenvalue weighted by Gasteiger charge is -2.11. The molecule has 2 heterocycles. The van der Waals surface area contributed by atoms with Crippen LogP contribution in [0.2, 0.25) is 0 Å².